The summed E-state index contributed by atoms with van der Waals surface area (Å²) in [7, 11) is 5.56. The van der Waals surface area contributed by atoms with Crippen LogP contribution in [0.4, 0.5) is 5.69 Å². The van der Waals surface area contributed by atoms with Gasteiger partial charge in [-0.15, -0.1) is 0 Å². The number of aliphatic hydroxyl groups excluding tert-OH is 1. The van der Waals surface area contributed by atoms with Crippen LogP contribution in [0.15, 0.2) is 48.8 Å². The van der Waals surface area contributed by atoms with Crippen LogP contribution in [0.5, 0.6) is 5.75 Å². The average Bonchev–Trinajstić information content (AvgIpc) is 2.47. The van der Waals surface area contributed by atoms with E-state index in [1.54, 1.807) is 17.9 Å². The van der Waals surface area contributed by atoms with Crippen molar-refractivity contribution in [3.8, 4) is 5.75 Å². The molecule has 0 unspecified atom stereocenters. The van der Waals surface area contributed by atoms with Crippen LogP contribution in [0.3, 0.4) is 0 Å². The molecule has 0 aliphatic rings. The first-order valence-corrected chi connectivity index (χ1v) is 6.34. The minimum absolute atomic E-state index is 0.157. The van der Waals surface area contributed by atoms with Crippen molar-refractivity contribution in [3.05, 3.63) is 54.4 Å². The van der Waals surface area contributed by atoms with Crippen LogP contribution in [0.1, 0.15) is 5.56 Å². The highest BCUT2D eigenvalue weighted by atomic mass is 16.5. The van der Waals surface area contributed by atoms with Gasteiger partial charge in [-0.05, 0) is 12.1 Å². The molecule has 1 heterocycles. The summed E-state index contributed by atoms with van der Waals surface area (Å²) in [6, 6.07) is 11.3. The van der Waals surface area contributed by atoms with E-state index in [1.165, 1.54) is 0 Å². The predicted molar refractivity (Wildman–Crippen MR) is 80.8 cm³/mol. The Hall–Kier alpha value is -2.49. The summed E-state index contributed by atoms with van der Waals surface area (Å²) in [4.78, 5) is 2.02. The van der Waals surface area contributed by atoms with E-state index in [1.807, 2.05) is 67.8 Å². The summed E-state index contributed by atoms with van der Waals surface area (Å²) in [6.45, 7) is 0. The molecule has 0 saturated heterocycles. The van der Waals surface area contributed by atoms with Crippen LogP contribution in [-0.2, 0) is 0 Å². The van der Waals surface area contributed by atoms with Gasteiger partial charge in [-0.25, -0.2) is 0 Å². The van der Waals surface area contributed by atoms with E-state index in [4.69, 9.17) is 4.74 Å². The molecule has 0 saturated carbocycles. The van der Waals surface area contributed by atoms with E-state index in [2.05, 4.69) is 0 Å². The third-order valence-corrected chi connectivity index (χ3v) is 3.01. The SMILES string of the molecule is COc1ccccc1/C(O)=C/[n+]1ccc(N(C)C)cc1. The molecule has 0 radical (unpaired) electrons. The molecular weight excluding hydrogens is 252 g/mol. The summed E-state index contributed by atoms with van der Waals surface area (Å²) in [6.07, 6.45) is 5.43. The molecule has 1 aromatic heterocycles. The molecule has 1 N–H and O–H groups in total. The molecule has 1 aromatic carbocycles. The standard InChI is InChI=1S/C16H18N2O2/c1-17(2)13-8-10-18(11-9-13)12-15(19)14-6-4-5-7-16(14)20-3/h4-12H,1-3H3/p+1/b15-12-. The number of benzene rings is 1. The van der Waals surface area contributed by atoms with Gasteiger partial charge in [-0.3, -0.25) is 0 Å². The Labute approximate surface area is 119 Å². The molecule has 104 valence electrons. The maximum atomic E-state index is 10.2. The Kier molecular flexibility index (Phi) is 4.25. The van der Waals surface area contributed by atoms with Crippen molar-refractivity contribution in [2.75, 3.05) is 26.1 Å². The third-order valence-electron chi connectivity index (χ3n) is 3.01. The van der Waals surface area contributed by atoms with E-state index in [9.17, 15) is 5.11 Å². The van der Waals surface area contributed by atoms with Crippen LogP contribution < -0.4 is 14.2 Å². The van der Waals surface area contributed by atoms with Crippen LogP contribution in [0, 0.1) is 0 Å². The van der Waals surface area contributed by atoms with Crippen LogP contribution in [0.25, 0.3) is 12.0 Å². The molecular formula is C16H19N2O2+. The largest absolute Gasteiger partial charge is 0.502 e. The van der Waals surface area contributed by atoms with Gasteiger partial charge in [0.2, 0.25) is 6.20 Å². The second kappa shape index (κ2) is 6.10. The molecule has 0 amide bonds. The fraction of sp³-hybridized carbons (Fsp3) is 0.188. The zero-order valence-electron chi connectivity index (χ0n) is 11.9. The number of aliphatic hydroxyl groups is 1. The lowest BCUT2D eigenvalue weighted by atomic mass is 10.1. The lowest BCUT2D eigenvalue weighted by molar-refractivity contribution is -0.568. The zero-order valence-corrected chi connectivity index (χ0v) is 11.9. The van der Waals surface area contributed by atoms with Gasteiger partial charge in [-0.2, -0.15) is 4.57 Å². The number of nitrogens with zero attached hydrogens (tertiary/aromatic N) is 2. The summed E-state index contributed by atoms with van der Waals surface area (Å²) < 4.78 is 7.04. The summed E-state index contributed by atoms with van der Waals surface area (Å²) in [5.41, 5.74) is 1.77. The number of para-hydroxylation sites is 1. The predicted octanol–water partition coefficient (Wildman–Crippen LogP) is 2.56. The van der Waals surface area contributed by atoms with E-state index in [0.717, 1.165) is 5.69 Å². The fourth-order valence-electron chi connectivity index (χ4n) is 1.88. The van der Waals surface area contributed by atoms with Crippen molar-refractivity contribution in [3.63, 3.8) is 0 Å². The van der Waals surface area contributed by atoms with E-state index >= 15 is 0 Å². The molecule has 4 nitrogen and oxygen atoms in total. The quantitative estimate of drug-likeness (QED) is 0.686. The van der Waals surface area contributed by atoms with Crippen LogP contribution in [0.2, 0.25) is 0 Å². The van der Waals surface area contributed by atoms with Crippen LogP contribution in [-0.4, -0.2) is 26.3 Å². The Balaban J connectivity index is 2.30. The molecule has 0 bridgehead atoms. The Morgan fingerprint density at radius 2 is 1.80 bits per heavy atom. The molecule has 0 atom stereocenters. The third kappa shape index (κ3) is 3.09. The second-order valence-electron chi connectivity index (χ2n) is 4.61. The number of pyridine rings is 1. The number of aromatic nitrogens is 1. The molecule has 0 aliphatic heterocycles. The first-order valence-electron chi connectivity index (χ1n) is 6.34. The van der Waals surface area contributed by atoms with E-state index < -0.39 is 0 Å². The average molecular weight is 271 g/mol. The summed E-state index contributed by atoms with van der Waals surface area (Å²) in [5.74, 6) is 0.803. The van der Waals surface area contributed by atoms with Crippen molar-refractivity contribution in [1.82, 2.24) is 0 Å². The molecule has 0 aliphatic carbocycles. The lowest BCUT2D eigenvalue weighted by Crippen LogP contribution is -2.25. The Morgan fingerprint density at radius 3 is 2.40 bits per heavy atom. The monoisotopic (exact) mass is 271 g/mol. The fourth-order valence-corrected chi connectivity index (χ4v) is 1.88. The van der Waals surface area contributed by atoms with Crippen molar-refractivity contribution >= 4 is 17.6 Å². The number of ether oxygens (including phenoxy) is 1. The van der Waals surface area contributed by atoms with Gasteiger partial charge in [0.25, 0.3) is 0 Å². The Morgan fingerprint density at radius 1 is 1.15 bits per heavy atom. The van der Waals surface area contributed by atoms with Crippen molar-refractivity contribution in [2.24, 2.45) is 0 Å². The number of rotatable bonds is 4. The number of anilines is 1. The minimum Gasteiger partial charge on any atom is -0.502 e. The van der Waals surface area contributed by atoms with Gasteiger partial charge >= 0.3 is 0 Å². The van der Waals surface area contributed by atoms with Crippen molar-refractivity contribution in [1.29, 1.82) is 0 Å². The van der Waals surface area contributed by atoms with Crippen molar-refractivity contribution in [2.45, 2.75) is 0 Å². The molecule has 4 heteroatoms. The highest BCUT2D eigenvalue weighted by Crippen LogP contribution is 2.23. The lowest BCUT2D eigenvalue weighted by Gasteiger charge is -2.10. The zero-order chi connectivity index (χ0) is 14.5. The molecule has 2 aromatic rings. The molecule has 2 rings (SSSR count). The minimum atomic E-state index is 0.157. The van der Waals surface area contributed by atoms with Gasteiger partial charge in [0.1, 0.15) is 5.75 Å². The molecule has 0 spiro atoms. The highest BCUT2D eigenvalue weighted by molar-refractivity contribution is 5.70. The van der Waals surface area contributed by atoms with Gasteiger partial charge in [0, 0.05) is 31.9 Å². The van der Waals surface area contributed by atoms with Crippen molar-refractivity contribution < 1.29 is 14.4 Å². The first-order chi connectivity index (χ1) is 9.61. The van der Waals surface area contributed by atoms with Gasteiger partial charge in [-0.1, -0.05) is 12.1 Å². The van der Waals surface area contributed by atoms with Crippen LogP contribution >= 0.6 is 0 Å². The smallest absolute Gasteiger partial charge is 0.217 e. The Bertz CT molecular complexity index is 604. The number of hydrogen-bond acceptors (Lipinski definition) is 3. The topological polar surface area (TPSA) is 36.6 Å². The van der Waals surface area contributed by atoms with Gasteiger partial charge in [0.05, 0.1) is 12.7 Å². The summed E-state index contributed by atoms with van der Waals surface area (Å²) >= 11 is 0. The van der Waals surface area contributed by atoms with Gasteiger partial charge in [0.15, 0.2) is 18.2 Å². The highest BCUT2D eigenvalue weighted by Gasteiger charge is 2.09. The molecule has 0 fully saturated rings. The normalized spacial score (nSPS) is 11.2. The summed E-state index contributed by atoms with van der Waals surface area (Å²) in [5, 5.41) is 10.2. The molecule has 20 heavy (non-hydrogen) atoms. The maximum Gasteiger partial charge on any atom is 0.217 e. The number of methoxy groups -OCH3 is 1. The van der Waals surface area contributed by atoms with E-state index in [0.29, 0.717) is 11.3 Å². The number of hydrogen-bond donors (Lipinski definition) is 1. The second-order valence-corrected chi connectivity index (χ2v) is 4.61. The first kappa shape index (κ1) is 13.9. The van der Waals surface area contributed by atoms with E-state index in [-0.39, 0.29) is 5.76 Å². The maximum absolute atomic E-state index is 10.2. The van der Waals surface area contributed by atoms with Gasteiger partial charge < -0.3 is 14.7 Å².